The van der Waals surface area contributed by atoms with Crippen LogP contribution in [0.4, 0.5) is 5.69 Å². The number of benzene rings is 1. The van der Waals surface area contributed by atoms with E-state index in [1.54, 1.807) is 19.0 Å². The molecule has 7 heteroatoms. The zero-order valence-electron chi connectivity index (χ0n) is 18.3. The summed E-state index contributed by atoms with van der Waals surface area (Å²) in [4.78, 5) is 23.0. The molecule has 1 aromatic carbocycles. The van der Waals surface area contributed by atoms with Crippen molar-refractivity contribution in [2.45, 2.75) is 20.3 Å². The number of amides is 1. The number of carbonyl (C=O) groups is 1. The maximum atomic E-state index is 12.0. The van der Waals surface area contributed by atoms with E-state index in [2.05, 4.69) is 52.2 Å². The Bertz CT molecular complexity index is 720. The van der Waals surface area contributed by atoms with Gasteiger partial charge in [-0.05, 0) is 43.5 Å². The molecule has 1 unspecified atom stereocenters. The standard InChI is InChI=1S/C22H35N5O2/c1-17-5-6-20(13-18(17)2)26-8-10-27(11-9-26)22(24-15-21(28)25(3)4)23-14-19-7-12-29-16-19/h5-6,13,19H,7-12,14-16H2,1-4H3,(H,23,24). The lowest BCUT2D eigenvalue weighted by atomic mass is 10.1. The Kier molecular flexibility index (Phi) is 7.36. The summed E-state index contributed by atoms with van der Waals surface area (Å²) >= 11 is 0. The van der Waals surface area contributed by atoms with Crippen LogP contribution in [-0.4, -0.2) is 88.2 Å². The second kappa shape index (κ2) is 9.96. The third-order valence-electron chi connectivity index (χ3n) is 5.87. The lowest BCUT2D eigenvalue weighted by Gasteiger charge is -2.38. The average molecular weight is 402 g/mol. The quantitative estimate of drug-likeness (QED) is 0.599. The van der Waals surface area contributed by atoms with Crippen molar-refractivity contribution in [2.75, 3.05) is 71.5 Å². The van der Waals surface area contributed by atoms with E-state index in [0.717, 1.165) is 58.3 Å². The molecule has 0 radical (unpaired) electrons. The van der Waals surface area contributed by atoms with Crippen molar-refractivity contribution in [3.8, 4) is 0 Å². The van der Waals surface area contributed by atoms with E-state index >= 15 is 0 Å². The molecule has 1 atom stereocenters. The topological polar surface area (TPSA) is 60.4 Å². The van der Waals surface area contributed by atoms with Crippen LogP contribution in [0.25, 0.3) is 0 Å². The molecule has 3 rings (SSSR count). The molecule has 2 aliphatic heterocycles. The number of guanidine groups is 1. The number of ether oxygens (including phenoxy) is 1. The Labute approximate surface area is 174 Å². The van der Waals surface area contributed by atoms with E-state index in [0.29, 0.717) is 5.92 Å². The van der Waals surface area contributed by atoms with Crippen LogP contribution >= 0.6 is 0 Å². The molecule has 7 nitrogen and oxygen atoms in total. The van der Waals surface area contributed by atoms with Crippen LogP contribution in [0.5, 0.6) is 0 Å². The SMILES string of the molecule is Cc1ccc(N2CCN(C(=NCC(=O)N(C)C)NCC3CCOC3)CC2)cc1C. The molecule has 2 saturated heterocycles. The number of likely N-dealkylation sites (N-methyl/N-ethyl adjacent to an activating group) is 1. The molecule has 1 N–H and O–H groups in total. The fourth-order valence-corrected chi connectivity index (χ4v) is 3.63. The van der Waals surface area contributed by atoms with E-state index in [-0.39, 0.29) is 12.5 Å². The molecule has 0 aliphatic carbocycles. The molecule has 0 aromatic heterocycles. The minimum Gasteiger partial charge on any atom is -0.381 e. The molecular weight excluding hydrogens is 366 g/mol. The van der Waals surface area contributed by atoms with Crippen molar-refractivity contribution < 1.29 is 9.53 Å². The van der Waals surface area contributed by atoms with Gasteiger partial charge in [-0.15, -0.1) is 0 Å². The van der Waals surface area contributed by atoms with Crippen LogP contribution < -0.4 is 10.2 Å². The third-order valence-corrected chi connectivity index (χ3v) is 5.87. The number of nitrogens with one attached hydrogen (secondary N) is 1. The fraction of sp³-hybridized carbons (Fsp3) is 0.636. The molecular formula is C22H35N5O2. The summed E-state index contributed by atoms with van der Waals surface area (Å²) in [6.45, 7) is 10.6. The van der Waals surface area contributed by atoms with E-state index in [1.165, 1.54) is 16.8 Å². The monoisotopic (exact) mass is 401 g/mol. The van der Waals surface area contributed by atoms with Gasteiger partial charge >= 0.3 is 0 Å². The molecule has 0 saturated carbocycles. The van der Waals surface area contributed by atoms with Gasteiger partial charge in [-0.1, -0.05) is 6.07 Å². The molecule has 1 amide bonds. The Morgan fingerprint density at radius 3 is 2.59 bits per heavy atom. The largest absolute Gasteiger partial charge is 0.381 e. The van der Waals surface area contributed by atoms with Crippen LogP contribution in [0, 0.1) is 19.8 Å². The number of aryl methyl sites for hydroxylation is 2. The van der Waals surface area contributed by atoms with E-state index in [9.17, 15) is 4.79 Å². The second-order valence-corrected chi connectivity index (χ2v) is 8.28. The highest BCUT2D eigenvalue weighted by atomic mass is 16.5. The van der Waals surface area contributed by atoms with Gasteiger partial charge < -0.3 is 24.8 Å². The Hall–Kier alpha value is -2.28. The van der Waals surface area contributed by atoms with Crippen LogP contribution in [0.15, 0.2) is 23.2 Å². The lowest BCUT2D eigenvalue weighted by Crippen LogP contribution is -2.53. The molecule has 2 heterocycles. The van der Waals surface area contributed by atoms with Crippen LogP contribution in [-0.2, 0) is 9.53 Å². The predicted octanol–water partition coefficient (Wildman–Crippen LogP) is 1.50. The summed E-state index contributed by atoms with van der Waals surface area (Å²) in [5.41, 5.74) is 3.94. The van der Waals surface area contributed by atoms with E-state index in [4.69, 9.17) is 4.74 Å². The van der Waals surface area contributed by atoms with Crippen LogP contribution in [0.1, 0.15) is 17.5 Å². The van der Waals surface area contributed by atoms with Crippen molar-refractivity contribution in [3.63, 3.8) is 0 Å². The van der Waals surface area contributed by atoms with Gasteiger partial charge in [0.05, 0.1) is 6.61 Å². The second-order valence-electron chi connectivity index (χ2n) is 8.28. The van der Waals surface area contributed by atoms with E-state index in [1.807, 2.05) is 0 Å². The average Bonchev–Trinajstić information content (AvgIpc) is 3.23. The zero-order chi connectivity index (χ0) is 20.8. The Morgan fingerprint density at radius 1 is 1.21 bits per heavy atom. The number of rotatable bonds is 5. The summed E-state index contributed by atoms with van der Waals surface area (Å²) in [5.74, 6) is 1.37. The van der Waals surface area contributed by atoms with E-state index < -0.39 is 0 Å². The number of hydrogen-bond donors (Lipinski definition) is 1. The molecule has 29 heavy (non-hydrogen) atoms. The van der Waals surface area contributed by atoms with Crippen LogP contribution in [0.2, 0.25) is 0 Å². The summed E-state index contributed by atoms with van der Waals surface area (Å²) in [6, 6.07) is 6.68. The Morgan fingerprint density at radius 2 is 1.97 bits per heavy atom. The number of anilines is 1. The summed E-state index contributed by atoms with van der Waals surface area (Å²) in [6.07, 6.45) is 1.08. The smallest absolute Gasteiger partial charge is 0.243 e. The minimum absolute atomic E-state index is 0.0160. The van der Waals surface area contributed by atoms with Gasteiger partial charge in [0, 0.05) is 65.0 Å². The van der Waals surface area contributed by atoms with Gasteiger partial charge in [-0.3, -0.25) is 4.79 Å². The highest BCUT2D eigenvalue weighted by Crippen LogP contribution is 2.20. The number of carbonyl (C=O) groups excluding carboxylic acids is 1. The van der Waals surface area contributed by atoms with Crippen molar-refractivity contribution in [1.82, 2.24) is 15.1 Å². The number of nitrogens with zero attached hydrogens (tertiary/aromatic N) is 4. The normalized spacial score (nSPS) is 20.1. The fourth-order valence-electron chi connectivity index (χ4n) is 3.63. The van der Waals surface area contributed by atoms with Crippen LogP contribution in [0.3, 0.4) is 0 Å². The summed E-state index contributed by atoms with van der Waals surface area (Å²) < 4.78 is 5.48. The lowest BCUT2D eigenvalue weighted by molar-refractivity contribution is -0.127. The van der Waals surface area contributed by atoms with Gasteiger partial charge in [0.25, 0.3) is 0 Å². The summed E-state index contributed by atoms with van der Waals surface area (Å²) in [5, 5.41) is 3.50. The van der Waals surface area contributed by atoms with Gasteiger partial charge in [0.2, 0.25) is 5.91 Å². The number of piperazine rings is 1. The first-order valence-electron chi connectivity index (χ1n) is 10.6. The maximum absolute atomic E-state index is 12.0. The molecule has 160 valence electrons. The van der Waals surface area contributed by atoms with Crippen molar-refractivity contribution in [2.24, 2.45) is 10.9 Å². The Balaban J connectivity index is 1.61. The van der Waals surface area contributed by atoms with Gasteiger partial charge in [-0.2, -0.15) is 0 Å². The number of hydrogen-bond acceptors (Lipinski definition) is 4. The minimum atomic E-state index is 0.0160. The van der Waals surface area contributed by atoms with Crippen molar-refractivity contribution in [3.05, 3.63) is 29.3 Å². The first-order chi connectivity index (χ1) is 13.9. The molecule has 2 fully saturated rings. The highest BCUT2D eigenvalue weighted by Gasteiger charge is 2.22. The number of aliphatic imine (C=N–C) groups is 1. The van der Waals surface area contributed by atoms with Crippen molar-refractivity contribution >= 4 is 17.6 Å². The van der Waals surface area contributed by atoms with Gasteiger partial charge in [0.1, 0.15) is 6.54 Å². The predicted molar refractivity (Wildman–Crippen MR) is 118 cm³/mol. The summed E-state index contributed by atoms with van der Waals surface area (Å²) in [7, 11) is 3.53. The molecule has 2 aliphatic rings. The third kappa shape index (κ3) is 5.85. The molecule has 0 spiro atoms. The molecule has 0 bridgehead atoms. The first kappa shape index (κ1) is 21.4. The van der Waals surface area contributed by atoms with Crippen molar-refractivity contribution in [1.29, 1.82) is 0 Å². The maximum Gasteiger partial charge on any atom is 0.243 e. The molecule has 1 aromatic rings. The highest BCUT2D eigenvalue weighted by molar-refractivity contribution is 5.85. The van der Waals surface area contributed by atoms with Gasteiger partial charge in [-0.25, -0.2) is 4.99 Å². The zero-order valence-corrected chi connectivity index (χ0v) is 18.3. The van der Waals surface area contributed by atoms with Gasteiger partial charge in [0.15, 0.2) is 5.96 Å². The first-order valence-corrected chi connectivity index (χ1v) is 10.6.